The molecule has 1 aromatic carbocycles. The van der Waals surface area contributed by atoms with Crippen molar-refractivity contribution in [1.29, 1.82) is 0 Å². The van der Waals surface area contributed by atoms with Crippen LogP contribution in [0.25, 0.3) is 0 Å². The zero-order chi connectivity index (χ0) is 16.9. The second kappa shape index (κ2) is 7.17. The second-order valence-electron chi connectivity index (χ2n) is 4.68. The number of rotatable bonds is 6. The normalized spacial score (nSPS) is 11.3. The predicted octanol–water partition coefficient (Wildman–Crippen LogP) is 2.73. The maximum absolute atomic E-state index is 12.4. The molecule has 2 aromatic rings. The Balaban J connectivity index is 1.83. The summed E-state index contributed by atoms with van der Waals surface area (Å²) in [6.07, 6.45) is -3.23. The van der Waals surface area contributed by atoms with Crippen molar-refractivity contribution in [2.45, 2.75) is 19.6 Å². The number of hydrogen-bond donors (Lipinski definition) is 1. The Labute approximate surface area is 131 Å². The molecule has 124 valence electrons. The largest absolute Gasteiger partial charge is 0.494 e. The van der Waals surface area contributed by atoms with Gasteiger partial charge in [0.25, 0.3) is 5.91 Å². The number of alkyl halides is 3. The highest BCUT2D eigenvalue weighted by Gasteiger charge is 2.33. The van der Waals surface area contributed by atoms with Crippen molar-refractivity contribution in [3.63, 3.8) is 0 Å². The highest BCUT2D eigenvalue weighted by Crippen LogP contribution is 2.27. The number of carbonyl (C=O) groups excluding carboxylic acids is 1. The van der Waals surface area contributed by atoms with Crippen LogP contribution >= 0.6 is 0 Å². The van der Waals surface area contributed by atoms with Gasteiger partial charge in [-0.15, -0.1) is 0 Å². The number of nitrogens with zero attached hydrogens (tertiary/aromatic N) is 2. The summed E-state index contributed by atoms with van der Waals surface area (Å²) >= 11 is 0. The second-order valence-corrected chi connectivity index (χ2v) is 4.68. The number of carbonyl (C=O) groups is 1. The summed E-state index contributed by atoms with van der Waals surface area (Å²) in [5, 5.41) is 6.03. The van der Waals surface area contributed by atoms with Gasteiger partial charge in [-0.25, -0.2) is 0 Å². The molecule has 0 spiro atoms. The Kier molecular flexibility index (Phi) is 5.25. The number of halogens is 3. The van der Waals surface area contributed by atoms with Crippen molar-refractivity contribution in [3.05, 3.63) is 47.8 Å². The van der Waals surface area contributed by atoms with E-state index >= 15 is 0 Å². The van der Waals surface area contributed by atoms with Crippen LogP contribution in [0.5, 0.6) is 5.75 Å². The molecule has 5 nitrogen and oxygen atoms in total. The average molecular weight is 327 g/mol. The molecule has 1 heterocycles. The first-order chi connectivity index (χ1) is 10.9. The molecule has 2 rings (SSSR count). The lowest BCUT2D eigenvalue weighted by Gasteiger charge is -2.07. The van der Waals surface area contributed by atoms with E-state index in [1.807, 2.05) is 6.92 Å². The van der Waals surface area contributed by atoms with Crippen LogP contribution in [-0.2, 0) is 12.7 Å². The van der Waals surface area contributed by atoms with Gasteiger partial charge in [0.1, 0.15) is 5.75 Å². The topological polar surface area (TPSA) is 56.1 Å². The predicted molar refractivity (Wildman–Crippen MR) is 77.2 cm³/mol. The number of ether oxygens (including phenoxy) is 1. The molecule has 0 bridgehead atoms. The molecule has 0 radical (unpaired) electrons. The zero-order valence-corrected chi connectivity index (χ0v) is 12.4. The van der Waals surface area contributed by atoms with Crippen LogP contribution in [0.3, 0.4) is 0 Å². The van der Waals surface area contributed by atoms with Gasteiger partial charge in [-0.05, 0) is 37.3 Å². The van der Waals surface area contributed by atoms with Crippen LogP contribution in [0.15, 0.2) is 36.5 Å². The minimum absolute atomic E-state index is 0.152. The van der Waals surface area contributed by atoms with E-state index in [4.69, 9.17) is 4.74 Å². The van der Waals surface area contributed by atoms with Crippen LogP contribution in [0.4, 0.5) is 13.2 Å². The van der Waals surface area contributed by atoms with Crippen molar-refractivity contribution in [2.75, 3.05) is 13.2 Å². The van der Waals surface area contributed by atoms with Crippen LogP contribution in [-0.4, -0.2) is 28.8 Å². The molecular formula is C15H16F3N3O2. The minimum Gasteiger partial charge on any atom is -0.494 e. The highest BCUT2D eigenvalue weighted by atomic mass is 19.4. The quantitative estimate of drug-likeness (QED) is 0.887. The Morgan fingerprint density at radius 1 is 1.26 bits per heavy atom. The van der Waals surface area contributed by atoms with Crippen LogP contribution in [0.1, 0.15) is 23.0 Å². The molecule has 0 aliphatic rings. The number of amides is 1. The maximum atomic E-state index is 12.4. The molecule has 0 atom stereocenters. The van der Waals surface area contributed by atoms with E-state index in [0.717, 1.165) is 10.7 Å². The van der Waals surface area contributed by atoms with Gasteiger partial charge < -0.3 is 10.1 Å². The van der Waals surface area contributed by atoms with Gasteiger partial charge in [-0.1, -0.05) is 0 Å². The minimum atomic E-state index is -4.46. The summed E-state index contributed by atoms with van der Waals surface area (Å²) in [7, 11) is 0. The fourth-order valence-electron chi connectivity index (χ4n) is 1.89. The maximum Gasteiger partial charge on any atom is 0.435 e. The number of aromatic nitrogens is 2. The van der Waals surface area contributed by atoms with Crippen LogP contribution in [0.2, 0.25) is 0 Å². The molecule has 0 aliphatic carbocycles. The third-order valence-corrected chi connectivity index (χ3v) is 2.99. The van der Waals surface area contributed by atoms with E-state index in [9.17, 15) is 18.0 Å². The number of hydrogen-bond acceptors (Lipinski definition) is 3. The molecule has 1 N–H and O–H groups in total. The molecule has 1 amide bonds. The van der Waals surface area contributed by atoms with Crippen molar-refractivity contribution >= 4 is 5.91 Å². The van der Waals surface area contributed by atoms with Gasteiger partial charge >= 0.3 is 6.18 Å². The van der Waals surface area contributed by atoms with Crippen molar-refractivity contribution in [1.82, 2.24) is 15.1 Å². The Morgan fingerprint density at radius 2 is 1.96 bits per heavy atom. The van der Waals surface area contributed by atoms with Gasteiger partial charge in [-0.3, -0.25) is 9.48 Å². The van der Waals surface area contributed by atoms with Crippen molar-refractivity contribution in [3.8, 4) is 5.75 Å². The van der Waals surface area contributed by atoms with Gasteiger partial charge in [0.2, 0.25) is 0 Å². The monoisotopic (exact) mass is 327 g/mol. The van der Waals surface area contributed by atoms with Gasteiger partial charge in [-0.2, -0.15) is 18.3 Å². The molecule has 8 heteroatoms. The summed E-state index contributed by atoms with van der Waals surface area (Å²) in [5.74, 6) is 0.358. The first-order valence-electron chi connectivity index (χ1n) is 7.02. The molecule has 0 unspecified atom stereocenters. The molecule has 0 aliphatic heterocycles. The van der Waals surface area contributed by atoms with E-state index in [1.54, 1.807) is 24.3 Å². The lowest BCUT2D eigenvalue weighted by molar-refractivity contribution is -0.141. The fraction of sp³-hybridized carbons (Fsp3) is 0.333. The van der Waals surface area contributed by atoms with Crippen molar-refractivity contribution in [2.24, 2.45) is 0 Å². The smallest absolute Gasteiger partial charge is 0.435 e. The molecular weight excluding hydrogens is 311 g/mol. The first kappa shape index (κ1) is 16.9. The number of benzene rings is 1. The summed E-state index contributed by atoms with van der Waals surface area (Å²) < 4.78 is 43.6. The van der Waals surface area contributed by atoms with E-state index in [-0.39, 0.29) is 19.0 Å². The number of nitrogens with one attached hydrogen (secondary N) is 1. The van der Waals surface area contributed by atoms with E-state index in [2.05, 4.69) is 10.4 Å². The zero-order valence-electron chi connectivity index (χ0n) is 12.4. The Morgan fingerprint density at radius 3 is 2.52 bits per heavy atom. The van der Waals surface area contributed by atoms with Gasteiger partial charge in [0.05, 0.1) is 13.2 Å². The first-order valence-corrected chi connectivity index (χ1v) is 7.02. The molecule has 0 fully saturated rings. The van der Waals surface area contributed by atoms with Crippen LogP contribution in [0, 0.1) is 0 Å². The van der Waals surface area contributed by atoms with Gasteiger partial charge in [0, 0.05) is 18.3 Å². The summed E-state index contributed by atoms with van der Waals surface area (Å²) in [6.45, 7) is 2.72. The molecule has 1 aromatic heterocycles. The van der Waals surface area contributed by atoms with Crippen LogP contribution < -0.4 is 10.1 Å². The van der Waals surface area contributed by atoms with Crippen molar-refractivity contribution < 1.29 is 22.7 Å². The fourth-order valence-corrected chi connectivity index (χ4v) is 1.89. The summed E-state index contributed by atoms with van der Waals surface area (Å²) in [4.78, 5) is 11.9. The molecule has 23 heavy (non-hydrogen) atoms. The third-order valence-electron chi connectivity index (χ3n) is 2.99. The average Bonchev–Trinajstić information content (AvgIpc) is 2.97. The van der Waals surface area contributed by atoms with Gasteiger partial charge in [0.15, 0.2) is 5.69 Å². The van der Waals surface area contributed by atoms with E-state index in [0.29, 0.717) is 17.9 Å². The molecule has 0 saturated heterocycles. The third kappa shape index (κ3) is 4.73. The lowest BCUT2D eigenvalue weighted by atomic mass is 10.2. The lowest BCUT2D eigenvalue weighted by Crippen LogP contribution is -2.27. The molecule has 0 saturated carbocycles. The summed E-state index contributed by atoms with van der Waals surface area (Å²) in [6, 6.07) is 7.50. The SMILES string of the molecule is CCOc1ccc(C(=O)NCCn2ccc(C(F)(F)F)n2)cc1. The van der Waals surface area contributed by atoms with E-state index < -0.39 is 11.9 Å². The van der Waals surface area contributed by atoms with E-state index in [1.165, 1.54) is 6.20 Å². The standard InChI is InChI=1S/C15H16F3N3O2/c1-2-23-12-5-3-11(4-6-12)14(22)19-8-10-21-9-7-13(20-21)15(16,17)18/h3-7,9H,2,8,10H2,1H3,(H,19,22). The Bertz CT molecular complexity index is 651. The highest BCUT2D eigenvalue weighted by molar-refractivity contribution is 5.94. The summed E-state index contributed by atoms with van der Waals surface area (Å²) in [5.41, 5.74) is -0.500. The Hall–Kier alpha value is -2.51.